The van der Waals surface area contributed by atoms with Gasteiger partial charge >= 0.3 is 0 Å². The topological polar surface area (TPSA) is 87.7 Å². The molecule has 0 aliphatic rings. The lowest BCUT2D eigenvalue weighted by atomic mass is 10.2. The molecule has 0 radical (unpaired) electrons. The van der Waals surface area contributed by atoms with Crippen molar-refractivity contribution >= 4 is 46.3 Å². The van der Waals surface area contributed by atoms with Gasteiger partial charge in [-0.2, -0.15) is 0 Å². The number of halogens is 1. The van der Waals surface area contributed by atoms with Crippen molar-refractivity contribution in [1.82, 2.24) is 15.0 Å². The maximum absolute atomic E-state index is 12.3. The van der Waals surface area contributed by atoms with Crippen LogP contribution in [0.3, 0.4) is 0 Å². The van der Waals surface area contributed by atoms with Crippen LogP contribution < -0.4 is 10.9 Å². The van der Waals surface area contributed by atoms with Crippen LogP contribution >= 0.6 is 34.7 Å². The zero-order valence-electron chi connectivity index (χ0n) is 17.3. The highest BCUT2D eigenvalue weighted by Gasteiger charge is 2.15. The van der Waals surface area contributed by atoms with Gasteiger partial charge in [0.25, 0.3) is 5.56 Å². The monoisotopic (exact) mass is 482 g/mol. The van der Waals surface area contributed by atoms with E-state index >= 15 is 0 Å². The molecular formula is C23H19ClN4O2S2. The normalized spacial score (nSPS) is 10.8. The average Bonchev–Trinajstić information content (AvgIpc) is 3.14. The van der Waals surface area contributed by atoms with E-state index in [0.29, 0.717) is 15.9 Å². The highest BCUT2D eigenvalue weighted by atomic mass is 35.5. The number of thiazole rings is 1. The van der Waals surface area contributed by atoms with E-state index in [4.69, 9.17) is 11.6 Å². The quantitative estimate of drug-likeness (QED) is 0.277. The molecule has 0 atom stereocenters. The predicted octanol–water partition coefficient (Wildman–Crippen LogP) is 5.56. The number of anilines is 1. The number of hydrogen-bond acceptors (Lipinski definition) is 6. The molecule has 2 aromatic carbocycles. The third-order valence-corrected chi connectivity index (χ3v) is 6.84. The van der Waals surface area contributed by atoms with Crippen LogP contribution in [0.25, 0.3) is 21.1 Å². The summed E-state index contributed by atoms with van der Waals surface area (Å²) < 4.78 is 0. The minimum Gasteiger partial charge on any atom is -0.325 e. The first-order chi connectivity index (χ1) is 15.4. The first-order valence-electron chi connectivity index (χ1n) is 9.72. The summed E-state index contributed by atoms with van der Waals surface area (Å²) in [6.07, 6.45) is 0. The van der Waals surface area contributed by atoms with E-state index in [0.717, 1.165) is 32.4 Å². The van der Waals surface area contributed by atoms with Gasteiger partial charge in [-0.3, -0.25) is 9.59 Å². The smallest absolute Gasteiger partial charge is 0.252 e. The Bertz CT molecular complexity index is 1330. The van der Waals surface area contributed by atoms with Gasteiger partial charge in [0.1, 0.15) is 5.01 Å². The lowest BCUT2D eigenvalue weighted by Crippen LogP contribution is -2.15. The molecule has 4 aromatic rings. The number of rotatable bonds is 6. The molecule has 0 unspecified atom stereocenters. The zero-order valence-corrected chi connectivity index (χ0v) is 19.7. The van der Waals surface area contributed by atoms with E-state index in [1.54, 1.807) is 0 Å². The van der Waals surface area contributed by atoms with Gasteiger partial charge in [0.2, 0.25) is 5.91 Å². The van der Waals surface area contributed by atoms with Gasteiger partial charge < -0.3 is 10.3 Å². The van der Waals surface area contributed by atoms with E-state index in [9.17, 15) is 9.59 Å². The molecule has 0 bridgehead atoms. The van der Waals surface area contributed by atoms with Gasteiger partial charge in [-0.25, -0.2) is 9.97 Å². The summed E-state index contributed by atoms with van der Waals surface area (Å²) in [6.45, 7) is 3.85. The summed E-state index contributed by atoms with van der Waals surface area (Å²) in [5.74, 6) is -0.0504. The average molecular weight is 483 g/mol. The van der Waals surface area contributed by atoms with Crippen LogP contribution in [0.1, 0.15) is 11.3 Å². The van der Waals surface area contributed by atoms with Gasteiger partial charge in [-0.15, -0.1) is 11.3 Å². The van der Waals surface area contributed by atoms with Crippen LogP contribution in [-0.2, 0) is 4.79 Å². The molecule has 0 aliphatic carbocycles. The Morgan fingerprint density at radius 1 is 1.12 bits per heavy atom. The standard InChI is InChI=1S/C23H19ClN4O2S2/c1-13-4-3-5-17(10-13)26-20(30)12-31-23-27-18(11-19(29)28-23)21-14(2)25-22(32-21)15-6-8-16(24)9-7-15/h3-11H,12H2,1-2H3,(H,26,30)(H,27,28,29). The Hall–Kier alpha value is -2.94. The summed E-state index contributed by atoms with van der Waals surface area (Å²) in [6, 6.07) is 16.5. The summed E-state index contributed by atoms with van der Waals surface area (Å²) in [7, 11) is 0. The fourth-order valence-corrected chi connectivity index (χ4v) is 4.86. The van der Waals surface area contributed by atoms with Crippen LogP contribution in [0.15, 0.2) is 64.5 Å². The number of thioether (sulfide) groups is 1. The number of nitrogens with one attached hydrogen (secondary N) is 2. The molecule has 0 saturated heterocycles. The van der Waals surface area contributed by atoms with Crippen LogP contribution in [-0.4, -0.2) is 26.6 Å². The number of H-pyrrole nitrogens is 1. The molecule has 0 saturated carbocycles. The minimum absolute atomic E-state index is 0.123. The number of nitrogens with zero attached hydrogens (tertiary/aromatic N) is 2. The second kappa shape index (κ2) is 9.68. The number of hydrogen-bond donors (Lipinski definition) is 2. The van der Waals surface area contributed by atoms with Gasteiger partial charge in [-0.1, -0.05) is 47.6 Å². The van der Waals surface area contributed by atoms with Crippen LogP contribution in [0.5, 0.6) is 0 Å². The zero-order chi connectivity index (χ0) is 22.7. The molecule has 9 heteroatoms. The van der Waals surface area contributed by atoms with Gasteiger partial charge in [0.05, 0.1) is 22.0 Å². The second-order valence-corrected chi connectivity index (χ2v) is 9.48. The van der Waals surface area contributed by atoms with E-state index in [1.165, 1.54) is 29.2 Å². The number of carbonyl (C=O) groups is 1. The third kappa shape index (κ3) is 5.45. The first kappa shape index (κ1) is 22.3. The van der Waals surface area contributed by atoms with Crippen molar-refractivity contribution in [2.75, 3.05) is 11.1 Å². The van der Waals surface area contributed by atoms with Gasteiger partial charge in [0.15, 0.2) is 5.16 Å². The molecule has 2 heterocycles. The van der Waals surface area contributed by atoms with E-state index in [1.807, 2.05) is 62.4 Å². The van der Waals surface area contributed by atoms with Crippen LogP contribution in [0.2, 0.25) is 5.02 Å². The molecule has 2 N–H and O–H groups in total. The maximum atomic E-state index is 12.3. The Morgan fingerprint density at radius 2 is 1.91 bits per heavy atom. The number of aryl methyl sites for hydroxylation is 2. The van der Waals surface area contributed by atoms with Crippen molar-refractivity contribution in [2.24, 2.45) is 0 Å². The molecule has 32 heavy (non-hydrogen) atoms. The fourth-order valence-electron chi connectivity index (χ4n) is 3.02. The summed E-state index contributed by atoms with van der Waals surface area (Å²) >= 11 is 8.61. The lowest BCUT2D eigenvalue weighted by molar-refractivity contribution is -0.113. The number of carbonyl (C=O) groups excluding carboxylic acids is 1. The summed E-state index contributed by atoms with van der Waals surface area (Å²) in [5.41, 5.74) is 3.78. The molecule has 6 nitrogen and oxygen atoms in total. The molecule has 162 valence electrons. The van der Waals surface area contributed by atoms with Crippen LogP contribution in [0.4, 0.5) is 5.69 Å². The number of aromatic amines is 1. The third-order valence-electron chi connectivity index (χ3n) is 4.48. The minimum atomic E-state index is -0.280. The molecule has 1 amide bonds. The first-order valence-corrected chi connectivity index (χ1v) is 11.9. The second-order valence-electron chi connectivity index (χ2n) is 7.08. The molecule has 0 aliphatic heterocycles. The Morgan fingerprint density at radius 3 is 2.66 bits per heavy atom. The molecular weight excluding hydrogens is 464 g/mol. The highest BCUT2D eigenvalue weighted by molar-refractivity contribution is 7.99. The SMILES string of the molecule is Cc1cccc(NC(=O)CSc2nc(-c3sc(-c4ccc(Cl)cc4)nc3C)cc(=O)[nH]2)c1. The van der Waals surface area contributed by atoms with Crippen molar-refractivity contribution in [2.45, 2.75) is 19.0 Å². The number of benzene rings is 2. The summed E-state index contributed by atoms with van der Waals surface area (Å²) in [4.78, 5) is 37.2. The highest BCUT2D eigenvalue weighted by Crippen LogP contribution is 2.34. The van der Waals surface area contributed by atoms with E-state index < -0.39 is 0 Å². The Labute approximate surface area is 198 Å². The number of amides is 1. The molecule has 0 fully saturated rings. The van der Waals surface area contributed by atoms with Crippen molar-refractivity contribution in [3.05, 3.63) is 81.2 Å². The van der Waals surface area contributed by atoms with E-state index in [2.05, 4.69) is 20.3 Å². The fraction of sp³-hybridized carbons (Fsp3) is 0.130. The number of aromatic nitrogens is 3. The Kier molecular flexibility index (Phi) is 6.74. The van der Waals surface area contributed by atoms with Crippen molar-refractivity contribution < 1.29 is 4.79 Å². The molecule has 4 rings (SSSR count). The van der Waals surface area contributed by atoms with Crippen molar-refractivity contribution in [3.63, 3.8) is 0 Å². The maximum Gasteiger partial charge on any atom is 0.252 e. The predicted molar refractivity (Wildman–Crippen MR) is 132 cm³/mol. The van der Waals surface area contributed by atoms with E-state index in [-0.39, 0.29) is 17.2 Å². The molecule has 2 aromatic heterocycles. The molecule has 0 spiro atoms. The van der Waals surface area contributed by atoms with Crippen LogP contribution in [0, 0.1) is 13.8 Å². The lowest BCUT2D eigenvalue weighted by Gasteiger charge is -2.06. The van der Waals surface area contributed by atoms with Crippen molar-refractivity contribution in [3.8, 4) is 21.1 Å². The largest absolute Gasteiger partial charge is 0.325 e. The summed E-state index contributed by atoms with van der Waals surface area (Å²) in [5, 5.41) is 4.71. The van der Waals surface area contributed by atoms with Gasteiger partial charge in [-0.05, 0) is 43.7 Å². The van der Waals surface area contributed by atoms with Crippen molar-refractivity contribution in [1.29, 1.82) is 0 Å². The Balaban J connectivity index is 1.51. The van der Waals surface area contributed by atoms with Gasteiger partial charge in [0, 0.05) is 22.3 Å².